The Morgan fingerprint density at radius 1 is 0.692 bits per heavy atom. The van der Waals surface area contributed by atoms with Gasteiger partial charge in [-0.15, -0.1) is 0 Å². The largest absolute Gasteiger partial charge is 0.305 e. The van der Waals surface area contributed by atoms with Gasteiger partial charge in [-0.2, -0.15) is 0 Å². The molecule has 0 saturated heterocycles. The highest BCUT2D eigenvalue weighted by Gasteiger charge is 1.96. The van der Waals surface area contributed by atoms with E-state index in [4.69, 9.17) is 0 Å². The van der Waals surface area contributed by atoms with Gasteiger partial charge in [0.2, 0.25) is 0 Å². The normalized spacial score (nSPS) is 10.2. The van der Waals surface area contributed by atoms with E-state index >= 15 is 0 Å². The van der Waals surface area contributed by atoms with Gasteiger partial charge in [0.25, 0.3) is 0 Å². The predicted octanol–water partition coefficient (Wildman–Crippen LogP) is 2.31. The smallest absolute Gasteiger partial charge is 0.0106 e. The molecule has 0 N–H and O–H groups in total. The van der Waals surface area contributed by atoms with Gasteiger partial charge in [0.1, 0.15) is 0 Å². The van der Waals surface area contributed by atoms with Crippen LogP contribution in [0.3, 0.4) is 0 Å². The lowest BCUT2D eigenvalue weighted by Gasteiger charge is -2.18. The Hall–Kier alpha value is -0.0800. The fourth-order valence-corrected chi connectivity index (χ4v) is 0.658. The van der Waals surface area contributed by atoms with E-state index in [2.05, 4.69) is 51.6 Å². The molecule has 0 saturated carbocycles. The standard InChI is InChI=1S/C8H20N2.C3H8/c1-5-9(3)7-8-10(4)6-2;1-3-2/h5-8H2,1-4H3;3H2,1-2H3. The molecule has 82 valence electrons. The van der Waals surface area contributed by atoms with Crippen molar-refractivity contribution < 1.29 is 0 Å². The fraction of sp³-hybridized carbons (Fsp3) is 1.00. The van der Waals surface area contributed by atoms with Gasteiger partial charge in [0, 0.05) is 13.1 Å². The predicted molar refractivity (Wildman–Crippen MR) is 62.3 cm³/mol. The molecule has 0 amide bonds. The van der Waals surface area contributed by atoms with Crippen molar-refractivity contribution in [3.05, 3.63) is 0 Å². The van der Waals surface area contributed by atoms with E-state index in [0.29, 0.717) is 0 Å². The Bertz CT molecular complexity index is 74.2. The summed E-state index contributed by atoms with van der Waals surface area (Å²) in [6.07, 6.45) is 1.25. The van der Waals surface area contributed by atoms with Crippen LogP contribution in [0.5, 0.6) is 0 Å². The molecule has 0 aromatic rings. The third kappa shape index (κ3) is 14.7. The van der Waals surface area contributed by atoms with E-state index in [1.54, 1.807) is 0 Å². The molecule has 0 aliphatic heterocycles. The molecule has 2 heteroatoms. The van der Waals surface area contributed by atoms with Crippen molar-refractivity contribution in [2.24, 2.45) is 0 Å². The summed E-state index contributed by atoms with van der Waals surface area (Å²) in [5, 5.41) is 0. The molecule has 0 unspecified atom stereocenters. The maximum atomic E-state index is 2.33. The summed E-state index contributed by atoms with van der Waals surface area (Å²) < 4.78 is 0. The van der Waals surface area contributed by atoms with E-state index in [9.17, 15) is 0 Å². The van der Waals surface area contributed by atoms with Crippen molar-refractivity contribution >= 4 is 0 Å². The van der Waals surface area contributed by atoms with E-state index in [0.717, 1.165) is 13.1 Å². The second kappa shape index (κ2) is 11.9. The molecule has 0 aromatic carbocycles. The maximum Gasteiger partial charge on any atom is 0.0106 e. The minimum Gasteiger partial charge on any atom is -0.305 e. The van der Waals surface area contributed by atoms with Gasteiger partial charge >= 0.3 is 0 Å². The highest BCUT2D eigenvalue weighted by atomic mass is 15.2. The van der Waals surface area contributed by atoms with Crippen molar-refractivity contribution in [1.29, 1.82) is 0 Å². The zero-order valence-corrected chi connectivity index (χ0v) is 10.4. The van der Waals surface area contributed by atoms with E-state index in [1.807, 2.05) is 0 Å². The molecular weight excluding hydrogens is 160 g/mol. The lowest BCUT2D eigenvalue weighted by Crippen LogP contribution is -2.30. The molecule has 13 heavy (non-hydrogen) atoms. The van der Waals surface area contributed by atoms with E-state index < -0.39 is 0 Å². The molecule has 0 rings (SSSR count). The summed E-state index contributed by atoms with van der Waals surface area (Å²) in [5.41, 5.74) is 0. The summed E-state index contributed by atoms with van der Waals surface area (Å²) in [4.78, 5) is 4.65. The lowest BCUT2D eigenvalue weighted by atomic mass is 10.5. The van der Waals surface area contributed by atoms with Crippen LogP contribution in [-0.4, -0.2) is 50.1 Å². The Labute approximate surface area is 84.9 Å². The minimum atomic E-state index is 1.15. The first-order chi connectivity index (χ1) is 6.12. The SMILES string of the molecule is CCC.CCN(C)CCN(C)CC. The van der Waals surface area contributed by atoms with Gasteiger partial charge in [-0.3, -0.25) is 0 Å². The zero-order chi connectivity index (χ0) is 10.7. The molecular formula is C11H28N2. The zero-order valence-electron chi connectivity index (χ0n) is 10.4. The highest BCUT2D eigenvalue weighted by molar-refractivity contribution is 4.52. The van der Waals surface area contributed by atoms with Gasteiger partial charge in [0.15, 0.2) is 0 Å². The fourth-order valence-electron chi connectivity index (χ4n) is 0.658. The van der Waals surface area contributed by atoms with E-state index in [-0.39, 0.29) is 0 Å². The number of hydrogen-bond donors (Lipinski definition) is 0. The Morgan fingerprint density at radius 3 is 1.08 bits per heavy atom. The third-order valence-electron chi connectivity index (χ3n) is 1.94. The van der Waals surface area contributed by atoms with Crippen LogP contribution < -0.4 is 0 Å². The first-order valence-electron chi connectivity index (χ1n) is 5.49. The van der Waals surface area contributed by atoms with E-state index in [1.165, 1.54) is 19.5 Å². The van der Waals surface area contributed by atoms with Crippen LogP contribution in [0.2, 0.25) is 0 Å². The Morgan fingerprint density at radius 2 is 0.923 bits per heavy atom. The maximum absolute atomic E-state index is 2.33. The monoisotopic (exact) mass is 188 g/mol. The molecule has 2 nitrogen and oxygen atoms in total. The topological polar surface area (TPSA) is 6.48 Å². The summed E-state index contributed by atoms with van der Waals surface area (Å²) in [5.74, 6) is 0. The van der Waals surface area contributed by atoms with Crippen molar-refractivity contribution in [2.75, 3.05) is 40.3 Å². The van der Waals surface area contributed by atoms with Gasteiger partial charge in [-0.1, -0.05) is 34.1 Å². The van der Waals surface area contributed by atoms with Gasteiger partial charge in [-0.05, 0) is 27.2 Å². The summed E-state index contributed by atoms with van der Waals surface area (Å²) in [7, 11) is 4.31. The van der Waals surface area contributed by atoms with Crippen LogP contribution in [0.1, 0.15) is 34.1 Å². The quantitative estimate of drug-likeness (QED) is 0.653. The Kier molecular flexibility index (Phi) is 14.1. The average Bonchev–Trinajstić information content (AvgIpc) is 2.14. The first kappa shape index (κ1) is 15.4. The van der Waals surface area contributed by atoms with Crippen LogP contribution in [0.15, 0.2) is 0 Å². The molecule has 0 fully saturated rings. The number of nitrogens with zero attached hydrogens (tertiary/aromatic N) is 2. The second-order valence-corrected chi connectivity index (χ2v) is 3.50. The number of rotatable bonds is 5. The molecule has 0 aliphatic carbocycles. The van der Waals surface area contributed by atoms with Crippen molar-refractivity contribution in [1.82, 2.24) is 9.80 Å². The van der Waals surface area contributed by atoms with Gasteiger partial charge in [-0.25, -0.2) is 0 Å². The molecule has 0 aromatic heterocycles. The van der Waals surface area contributed by atoms with Crippen LogP contribution in [-0.2, 0) is 0 Å². The molecule has 0 radical (unpaired) electrons. The van der Waals surface area contributed by atoms with Crippen molar-refractivity contribution in [3.8, 4) is 0 Å². The minimum absolute atomic E-state index is 1.15. The molecule has 0 aliphatic rings. The second-order valence-electron chi connectivity index (χ2n) is 3.50. The average molecular weight is 188 g/mol. The number of likely N-dealkylation sites (N-methyl/N-ethyl adjacent to an activating group) is 2. The highest BCUT2D eigenvalue weighted by Crippen LogP contribution is 1.84. The van der Waals surface area contributed by atoms with Crippen LogP contribution >= 0.6 is 0 Å². The van der Waals surface area contributed by atoms with Gasteiger partial charge < -0.3 is 9.80 Å². The number of hydrogen-bond acceptors (Lipinski definition) is 2. The summed E-state index contributed by atoms with van der Waals surface area (Å²) in [6, 6.07) is 0. The molecule has 0 atom stereocenters. The first-order valence-corrected chi connectivity index (χ1v) is 5.49. The third-order valence-corrected chi connectivity index (χ3v) is 1.94. The summed E-state index contributed by atoms with van der Waals surface area (Å²) in [6.45, 7) is 13.3. The van der Waals surface area contributed by atoms with Crippen LogP contribution in [0.4, 0.5) is 0 Å². The lowest BCUT2D eigenvalue weighted by molar-refractivity contribution is 0.271. The van der Waals surface area contributed by atoms with Crippen LogP contribution in [0, 0.1) is 0 Å². The van der Waals surface area contributed by atoms with Crippen molar-refractivity contribution in [3.63, 3.8) is 0 Å². The molecule has 0 heterocycles. The molecule has 0 spiro atoms. The summed E-state index contributed by atoms with van der Waals surface area (Å²) >= 11 is 0. The molecule has 0 bridgehead atoms. The Balaban J connectivity index is 0. The van der Waals surface area contributed by atoms with Gasteiger partial charge in [0.05, 0.1) is 0 Å². The van der Waals surface area contributed by atoms with Crippen molar-refractivity contribution in [2.45, 2.75) is 34.1 Å². The van der Waals surface area contributed by atoms with Crippen LogP contribution in [0.25, 0.3) is 0 Å².